The van der Waals surface area contributed by atoms with Crippen LogP contribution in [0, 0.1) is 0 Å². The van der Waals surface area contributed by atoms with Crippen molar-refractivity contribution in [3.8, 4) is 0 Å². The van der Waals surface area contributed by atoms with E-state index < -0.39 is 11.9 Å². The van der Waals surface area contributed by atoms with Crippen molar-refractivity contribution in [2.75, 3.05) is 37.0 Å². The van der Waals surface area contributed by atoms with Crippen molar-refractivity contribution in [1.82, 2.24) is 0 Å². The van der Waals surface area contributed by atoms with Gasteiger partial charge in [-0.1, -0.05) is 182 Å². The van der Waals surface area contributed by atoms with Gasteiger partial charge in [0, 0.05) is 11.9 Å². The van der Waals surface area contributed by atoms with Gasteiger partial charge < -0.3 is 19.8 Å². The number of hydrogen-bond donors (Lipinski definition) is 0. The SMILES string of the molecule is CC(=O)[O-].CC(=O)[O-].CCCCCCCCCP(CCCCCCCCC)CCCP(CCCCCCCCC)CCCCCCCCC.[Pd+2]. The molecule has 0 aromatic heterocycles. The molecule has 0 saturated heterocycles. The Morgan fingerprint density at radius 1 is 0.320 bits per heavy atom. The van der Waals surface area contributed by atoms with Crippen LogP contribution in [0.15, 0.2) is 0 Å². The first kappa shape index (κ1) is 57.2. The summed E-state index contributed by atoms with van der Waals surface area (Å²) in [5, 5.41) is 17.8. The molecule has 0 aliphatic heterocycles. The van der Waals surface area contributed by atoms with E-state index in [1.807, 2.05) is 0 Å². The summed E-state index contributed by atoms with van der Waals surface area (Å²) in [5.41, 5.74) is 0. The molecule has 0 amide bonds. The van der Waals surface area contributed by atoms with E-state index in [0.717, 1.165) is 13.8 Å². The van der Waals surface area contributed by atoms with Crippen LogP contribution < -0.4 is 10.2 Å². The van der Waals surface area contributed by atoms with Gasteiger partial charge in [0.25, 0.3) is 0 Å². The van der Waals surface area contributed by atoms with E-state index in [9.17, 15) is 0 Å². The minimum absolute atomic E-state index is 0. The zero-order valence-electron chi connectivity index (χ0n) is 34.6. The first-order valence-corrected chi connectivity index (χ1v) is 25.3. The molecule has 0 heterocycles. The largest absolute Gasteiger partial charge is 2.00 e. The summed E-state index contributed by atoms with van der Waals surface area (Å²) in [4.78, 5) is 17.8. The van der Waals surface area contributed by atoms with E-state index in [1.54, 1.807) is 69.1 Å². The van der Waals surface area contributed by atoms with Crippen LogP contribution in [0.3, 0.4) is 0 Å². The van der Waals surface area contributed by atoms with Gasteiger partial charge in [0.2, 0.25) is 0 Å². The van der Waals surface area contributed by atoms with Crippen molar-refractivity contribution >= 4 is 27.8 Å². The molecule has 0 aliphatic carbocycles. The molecule has 0 aromatic carbocycles. The van der Waals surface area contributed by atoms with Crippen LogP contribution in [0.4, 0.5) is 0 Å². The molecule has 0 aliphatic rings. The summed E-state index contributed by atoms with van der Waals surface area (Å²) in [5.74, 6) is -2.17. The van der Waals surface area contributed by atoms with Gasteiger partial charge in [-0.25, -0.2) is 0 Å². The van der Waals surface area contributed by atoms with E-state index in [-0.39, 0.29) is 20.4 Å². The number of carbonyl (C=O) groups is 2. The molecule has 4 nitrogen and oxygen atoms in total. The zero-order chi connectivity index (χ0) is 37.1. The van der Waals surface area contributed by atoms with Crippen molar-refractivity contribution in [2.24, 2.45) is 0 Å². The minimum Gasteiger partial charge on any atom is -0.550 e. The Labute approximate surface area is 331 Å². The van der Waals surface area contributed by atoms with Crippen LogP contribution in [0.25, 0.3) is 0 Å². The van der Waals surface area contributed by atoms with Crippen LogP contribution in [-0.2, 0) is 30.0 Å². The molecule has 0 radical (unpaired) electrons. The Morgan fingerprint density at radius 3 is 0.640 bits per heavy atom. The minimum atomic E-state index is -1.08. The predicted molar refractivity (Wildman–Crippen MR) is 221 cm³/mol. The Bertz CT molecular complexity index is 542. The van der Waals surface area contributed by atoms with Crippen molar-refractivity contribution in [2.45, 2.75) is 228 Å². The summed E-state index contributed by atoms with van der Waals surface area (Å²) in [7, 11) is 0.629. The number of aliphatic carboxylic acids is 2. The Hall–Kier alpha value is 0.462. The normalized spacial score (nSPS) is 10.7. The van der Waals surface area contributed by atoms with Gasteiger partial charge in [-0.3, -0.25) is 0 Å². The van der Waals surface area contributed by atoms with E-state index >= 15 is 0 Å². The van der Waals surface area contributed by atoms with Gasteiger partial charge in [0.1, 0.15) is 0 Å². The van der Waals surface area contributed by atoms with Gasteiger partial charge in [-0.15, -0.1) is 15.8 Å². The van der Waals surface area contributed by atoms with Crippen LogP contribution in [0.2, 0.25) is 0 Å². The fourth-order valence-corrected chi connectivity index (χ4v) is 11.8. The molecule has 304 valence electrons. The molecule has 0 rings (SSSR count). The van der Waals surface area contributed by atoms with E-state index in [2.05, 4.69) is 27.7 Å². The third kappa shape index (κ3) is 60.5. The topological polar surface area (TPSA) is 80.3 Å². The Morgan fingerprint density at radius 2 is 0.460 bits per heavy atom. The van der Waals surface area contributed by atoms with Gasteiger partial charge >= 0.3 is 20.4 Å². The van der Waals surface area contributed by atoms with Gasteiger partial charge in [-0.2, -0.15) is 0 Å². The van der Waals surface area contributed by atoms with Crippen LogP contribution in [0.5, 0.6) is 0 Å². The number of hydrogen-bond acceptors (Lipinski definition) is 4. The van der Waals surface area contributed by atoms with E-state index in [1.165, 1.54) is 154 Å². The summed E-state index contributed by atoms with van der Waals surface area (Å²) >= 11 is 0. The first-order chi connectivity index (χ1) is 23.7. The Kier molecular flexibility index (Phi) is 59.0. The number of carbonyl (C=O) groups excluding carboxylic acids is 2. The van der Waals surface area contributed by atoms with Crippen molar-refractivity contribution in [3.05, 3.63) is 0 Å². The van der Waals surface area contributed by atoms with Crippen molar-refractivity contribution in [1.29, 1.82) is 0 Å². The van der Waals surface area contributed by atoms with Gasteiger partial charge in [0.15, 0.2) is 0 Å². The molecule has 0 spiro atoms. The molecule has 0 saturated carbocycles. The average Bonchev–Trinajstić information content (AvgIpc) is 3.05. The Balaban J connectivity index is -0.00000105. The third-order valence-corrected chi connectivity index (χ3v) is 15.0. The number of rotatable bonds is 36. The molecule has 0 N–H and O–H groups in total. The van der Waals surface area contributed by atoms with Gasteiger partial charge in [0.05, 0.1) is 0 Å². The van der Waals surface area contributed by atoms with E-state index in [4.69, 9.17) is 19.8 Å². The number of carboxylic acid groups (broad SMARTS) is 2. The molecule has 0 bridgehead atoms. The first-order valence-electron chi connectivity index (χ1n) is 21.5. The molecule has 50 heavy (non-hydrogen) atoms. The van der Waals surface area contributed by atoms with E-state index in [0.29, 0.717) is 15.8 Å². The maximum absolute atomic E-state index is 8.89. The smallest absolute Gasteiger partial charge is 0.550 e. The second kappa shape index (κ2) is 51.6. The molecular weight excluding hydrogens is 749 g/mol. The average molecular weight is 838 g/mol. The molecular formula is C43H88O4P2Pd. The zero-order valence-corrected chi connectivity index (χ0v) is 37.9. The summed E-state index contributed by atoms with van der Waals surface area (Å²) in [6, 6.07) is 0. The monoisotopic (exact) mass is 837 g/mol. The predicted octanol–water partition coefficient (Wildman–Crippen LogP) is 12.9. The third-order valence-electron chi connectivity index (χ3n) is 9.26. The molecule has 0 aromatic rings. The van der Waals surface area contributed by atoms with Crippen molar-refractivity contribution < 1.29 is 40.2 Å². The fraction of sp³-hybridized carbons (Fsp3) is 0.953. The van der Waals surface area contributed by atoms with Crippen LogP contribution >= 0.6 is 15.8 Å². The molecule has 7 heteroatoms. The van der Waals surface area contributed by atoms with Gasteiger partial charge in [-0.05, 0) is 82.9 Å². The molecule has 0 fully saturated rings. The second-order valence-corrected chi connectivity index (χ2v) is 19.9. The summed E-state index contributed by atoms with van der Waals surface area (Å²) in [6.45, 7) is 11.3. The molecule has 0 atom stereocenters. The van der Waals surface area contributed by atoms with Crippen molar-refractivity contribution in [3.63, 3.8) is 0 Å². The second-order valence-electron chi connectivity index (χ2n) is 14.5. The standard InChI is InChI=1S/C39H82P2.2C2H4O2.Pd/c1-5-9-13-17-21-25-29-34-40(35-30-26-22-18-14-10-6-2)38-33-39-41(36-31-27-23-19-15-11-7-3)37-32-28-24-20-16-12-8-4;2*1-2(3)4;/h5-39H2,1-4H3;2*1H3,(H,3,4);/q;;;+2/p-2. The number of carboxylic acids is 2. The van der Waals surface area contributed by atoms with Crippen LogP contribution in [-0.4, -0.2) is 48.9 Å². The maximum atomic E-state index is 8.89. The summed E-state index contributed by atoms with van der Waals surface area (Å²) < 4.78 is 0. The number of unbranched alkanes of at least 4 members (excludes halogenated alkanes) is 24. The molecule has 0 unspecified atom stereocenters. The quantitative estimate of drug-likeness (QED) is 0.0358. The maximum Gasteiger partial charge on any atom is 2.00 e. The summed E-state index contributed by atoms with van der Waals surface area (Å²) in [6.07, 6.45) is 52.7. The fourth-order valence-electron chi connectivity index (χ4n) is 6.36. The van der Waals surface area contributed by atoms with Crippen LogP contribution in [0.1, 0.15) is 228 Å².